The average molecular weight is 221 g/mol. The summed E-state index contributed by atoms with van der Waals surface area (Å²) >= 11 is 0. The summed E-state index contributed by atoms with van der Waals surface area (Å²) in [5, 5.41) is 29.1. The Kier molecular flexibility index (Phi) is 2.17. The average Bonchev–Trinajstić information content (AvgIpc) is 2.78. The monoisotopic (exact) mass is 221 g/mol. The van der Waals surface area contributed by atoms with Crippen molar-refractivity contribution in [3.63, 3.8) is 0 Å². The lowest BCUT2D eigenvalue weighted by atomic mass is 10.0. The zero-order valence-corrected chi connectivity index (χ0v) is 8.82. The minimum Gasteiger partial charge on any atom is -0.394 e. The zero-order chi connectivity index (χ0) is 11.3. The molecule has 1 fully saturated rings. The first-order valence-corrected chi connectivity index (χ1v) is 5.57. The molecule has 4 heteroatoms. The van der Waals surface area contributed by atoms with Gasteiger partial charge in [-0.05, 0) is 18.1 Å². The number of nitrogens with zero attached hydrogens (tertiary/aromatic N) is 1. The quantitative estimate of drug-likeness (QED) is 0.599. The third-order valence-corrected chi connectivity index (χ3v) is 3.74. The van der Waals surface area contributed by atoms with E-state index in [1.54, 1.807) is 0 Å². The molecule has 0 bridgehead atoms. The fourth-order valence-electron chi connectivity index (χ4n) is 2.96. The largest absolute Gasteiger partial charge is 0.394 e. The Hall–Kier alpha value is -1.10. The van der Waals surface area contributed by atoms with Crippen LogP contribution in [-0.2, 0) is 6.42 Å². The van der Waals surface area contributed by atoms with Crippen molar-refractivity contribution in [2.24, 2.45) is 0 Å². The van der Waals surface area contributed by atoms with Gasteiger partial charge in [-0.3, -0.25) is 0 Å². The van der Waals surface area contributed by atoms with Crippen LogP contribution in [0.4, 0.5) is 5.69 Å². The molecule has 1 saturated heterocycles. The summed E-state index contributed by atoms with van der Waals surface area (Å²) < 4.78 is 0. The first-order valence-electron chi connectivity index (χ1n) is 5.57. The van der Waals surface area contributed by atoms with Crippen molar-refractivity contribution in [1.29, 1.82) is 0 Å². The van der Waals surface area contributed by atoms with E-state index in [1.807, 2.05) is 29.2 Å². The fourth-order valence-corrected chi connectivity index (χ4v) is 2.96. The van der Waals surface area contributed by atoms with E-state index >= 15 is 0 Å². The van der Waals surface area contributed by atoms with Crippen molar-refractivity contribution < 1.29 is 15.3 Å². The van der Waals surface area contributed by atoms with Crippen molar-refractivity contribution in [3.8, 4) is 0 Å². The van der Waals surface area contributed by atoms with E-state index in [-0.39, 0.29) is 18.7 Å². The summed E-state index contributed by atoms with van der Waals surface area (Å²) in [5.41, 5.74) is 2.21. The van der Waals surface area contributed by atoms with Gasteiger partial charge < -0.3 is 20.2 Å². The molecule has 0 spiro atoms. The third kappa shape index (κ3) is 1.15. The van der Waals surface area contributed by atoms with E-state index in [0.29, 0.717) is 0 Å². The number of para-hydroxylation sites is 1. The molecular formula is C12H15NO3. The van der Waals surface area contributed by atoms with Gasteiger partial charge in [-0.2, -0.15) is 0 Å². The van der Waals surface area contributed by atoms with Crippen LogP contribution in [0, 0.1) is 0 Å². The second-order valence-corrected chi connectivity index (χ2v) is 4.54. The van der Waals surface area contributed by atoms with Crippen LogP contribution in [0.15, 0.2) is 24.3 Å². The Labute approximate surface area is 93.8 Å². The van der Waals surface area contributed by atoms with Crippen LogP contribution in [0.3, 0.4) is 0 Å². The molecule has 2 heterocycles. The fraction of sp³-hybridized carbons (Fsp3) is 0.500. The Bertz CT molecular complexity index is 407. The summed E-state index contributed by atoms with van der Waals surface area (Å²) in [4.78, 5) is 1.96. The lowest BCUT2D eigenvalue weighted by Gasteiger charge is -2.26. The van der Waals surface area contributed by atoms with Crippen molar-refractivity contribution in [1.82, 2.24) is 0 Å². The smallest absolute Gasteiger partial charge is 0.104 e. The van der Waals surface area contributed by atoms with Gasteiger partial charge in [0.15, 0.2) is 0 Å². The normalized spacial score (nSPS) is 36.3. The molecule has 1 aromatic rings. The summed E-state index contributed by atoms with van der Waals surface area (Å²) in [7, 11) is 0. The predicted octanol–water partition coefficient (Wildman–Crippen LogP) is -0.486. The summed E-state index contributed by atoms with van der Waals surface area (Å²) in [5.74, 6) is 0. The molecule has 0 aromatic heterocycles. The van der Waals surface area contributed by atoms with Gasteiger partial charge in [-0.1, -0.05) is 18.2 Å². The van der Waals surface area contributed by atoms with Gasteiger partial charge in [-0.25, -0.2) is 0 Å². The van der Waals surface area contributed by atoms with Crippen LogP contribution >= 0.6 is 0 Å². The van der Waals surface area contributed by atoms with Gasteiger partial charge in [0.25, 0.3) is 0 Å². The molecule has 0 amide bonds. The van der Waals surface area contributed by atoms with Crippen molar-refractivity contribution in [2.45, 2.75) is 30.7 Å². The van der Waals surface area contributed by atoms with E-state index in [0.717, 1.165) is 12.1 Å². The van der Waals surface area contributed by atoms with Crippen molar-refractivity contribution >= 4 is 5.69 Å². The molecule has 0 unspecified atom stereocenters. The van der Waals surface area contributed by atoms with Crippen LogP contribution in [0.2, 0.25) is 0 Å². The second kappa shape index (κ2) is 3.45. The number of rotatable bonds is 1. The number of hydrogen-bond acceptors (Lipinski definition) is 4. The van der Waals surface area contributed by atoms with Crippen LogP contribution in [-0.4, -0.2) is 46.2 Å². The van der Waals surface area contributed by atoms with Crippen molar-refractivity contribution in [3.05, 3.63) is 29.8 Å². The Morgan fingerprint density at radius 1 is 1.19 bits per heavy atom. The maximum Gasteiger partial charge on any atom is 0.104 e. The van der Waals surface area contributed by atoms with Gasteiger partial charge in [0.05, 0.1) is 18.7 Å². The van der Waals surface area contributed by atoms with E-state index < -0.39 is 12.2 Å². The van der Waals surface area contributed by atoms with Crippen LogP contribution in [0.1, 0.15) is 5.56 Å². The number of aliphatic hydroxyl groups excluding tert-OH is 3. The maximum atomic E-state index is 9.94. The number of benzene rings is 1. The summed E-state index contributed by atoms with van der Waals surface area (Å²) in [6.45, 7) is -0.136. The minimum atomic E-state index is -0.858. The van der Waals surface area contributed by atoms with Crippen LogP contribution < -0.4 is 4.90 Å². The molecule has 1 aromatic carbocycles. The predicted molar refractivity (Wildman–Crippen MR) is 59.3 cm³/mol. The highest BCUT2D eigenvalue weighted by atomic mass is 16.3. The third-order valence-electron chi connectivity index (χ3n) is 3.74. The molecule has 3 N–H and O–H groups in total. The molecule has 0 aliphatic carbocycles. The van der Waals surface area contributed by atoms with Gasteiger partial charge in [0.1, 0.15) is 12.2 Å². The standard InChI is InChI=1S/C12H15NO3/c14-6-10-12(16)11(15)9-5-7-3-1-2-4-8(7)13(9)10/h1-4,9-12,14-16H,5-6H2/t9-,10-,11-,12+/m1/s1. The highest BCUT2D eigenvalue weighted by Crippen LogP contribution is 2.40. The molecule has 2 aliphatic rings. The van der Waals surface area contributed by atoms with Crippen molar-refractivity contribution in [2.75, 3.05) is 11.5 Å². The highest BCUT2D eigenvalue weighted by Gasteiger charge is 2.50. The first kappa shape index (κ1) is 10.1. The van der Waals surface area contributed by atoms with Gasteiger partial charge in [0.2, 0.25) is 0 Å². The van der Waals surface area contributed by atoms with E-state index in [2.05, 4.69) is 0 Å². The summed E-state index contributed by atoms with van der Waals surface area (Å²) in [6.07, 6.45) is -0.891. The van der Waals surface area contributed by atoms with E-state index in [1.165, 1.54) is 5.56 Å². The molecule has 4 nitrogen and oxygen atoms in total. The minimum absolute atomic E-state index is 0.0930. The molecule has 4 atom stereocenters. The van der Waals surface area contributed by atoms with Gasteiger partial charge >= 0.3 is 0 Å². The second-order valence-electron chi connectivity index (χ2n) is 4.54. The Morgan fingerprint density at radius 3 is 2.69 bits per heavy atom. The number of aliphatic hydroxyl groups is 3. The Morgan fingerprint density at radius 2 is 1.94 bits per heavy atom. The molecule has 16 heavy (non-hydrogen) atoms. The number of anilines is 1. The van der Waals surface area contributed by atoms with Crippen LogP contribution in [0.25, 0.3) is 0 Å². The topological polar surface area (TPSA) is 63.9 Å². The molecule has 2 aliphatic heterocycles. The van der Waals surface area contributed by atoms with Gasteiger partial charge in [0, 0.05) is 5.69 Å². The van der Waals surface area contributed by atoms with E-state index in [4.69, 9.17) is 0 Å². The molecular weight excluding hydrogens is 206 g/mol. The Balaban J connectivity index is 2.04. The zero-order valence-electron chi connectivity index (χ0n) is 8.82. The van der Waals surface area contributed by atoms with E-state index in [9.17, 15) is 15.3 Å². The number of hydrogen-bond donors (Lipinski definition) is 3. The maximum absolute atomic E-state index is 9.94. The lowest BCUT2D eigenvalue weighted by molar-refractivity contribution is 0.0197. The summed E-state index contributed by atoms with van der Waals surface area (Å²) in [6, 6.07) is 7.43. The van der Waals surface area contributed by atoms with Crippen LogP contribution in [0.5, 0.6) is 0 Å². The SMILES string of the molecule is OC[C@@H]1[C@H](O)[C@H](O)[C@H]2Cc3ccccc3N12. The molecule has 0 saturated carbocycles. The molecule has 0 radical (unpaired) electrons. The molecule has 86 valence electrons. The lowest BCUT2D eigenvalue weighted by Crippen LogP contribution is -2.39. The molecule has 3 rings (SSSR count). The highest BCUT2D eigenvalue weighted by molar-refractivity contribution is 5.62. The first-order chi connectivity index (χ1) is 7.74. The van der Waals surface area contributed by atoms with Gasteiger partial charge in [-0.15, -0.1) is 0 Å². The number of fused-ring (bicyclic) bond motifs is 3.